The van der Waals surface area contributed by atoms with Gasteiger partial charge < -0.3 is 10.1 Å². The monoisotopic (exact) mass is 468 g/mol. The van der Waals surface area contributed by atoms with Crippen LogP contribution in [0.2, 0.25) is 0 Å². The van der Waals surface area contributed by atoms with E-state index in [1.807, 2.05) is 24.3 Å². The molecular formula is C24H28N4O4S. The molecule has 3 aromatic rings. The second-order valence-corrected chi connectivity index (χ2v) is 10.4. The second kappa shape index (κ2) is 9.58. The van der Waals surface area contributed by atoms with Crippen molar-refractivity contribution < 1.29 is 17.9 Å². The third kappa shape index (κ3) is 6.52. The summed E-state index contributed by atoms with van der Waals surface area (Å²) in [6.07, 6.45) is 0.732. The lowest BCUT2D eigenvalue weighted by atomic mass is 9.87. The number of anilines is 2. The molecule has 1 unspecified atom stereocenters. The summed E-state index contributed by atoms with van der Waals surface area (Å²) in [6, 6.07) is 15.1. The number of nitrogens with one attached hydrogen (secondary N) is 2. The number of nitrogens with zero attached hydrogens (tertiary/aromatic N) is 2. The normalized spacial score (nSPS) is 12.6. The fraction of sp³-hybridized carbons (Fsp3) is 0.292. The Balaban J connectivity index is 1.61. The van der Waals surface area contributed by atoms with E-state index in [1.165, 1.54) is 36.0 Å². The molecule has 0 fully saturated rings. The molecule has 0 aliphatic heterocycles. The Morgan fingerprint density at radius 3 is 2.21 bits per heavy atom. The number of hydrogen-bond donors (Lipinski definition) is 2. The summed E-state index contributed by atoms with van der Waals surface area (Å²) in [6.45, 7) is 9.77. The third-order valence-corrected chi connectivity index (χ3v) is 6.20. The average Bonchev–Trinajstić information content (AvgIpc) is 2.73. The maximum atomic E-state index is 12.5. The van der Waals surface area contributed by atoms with Crippen LogP contribution in [0, 0.1) is 6.92 Å². The fourth-order valence-corrected chi connectivity index (χ4v) is 3.88. The minimum Gasteiger partial charge on any atom is -0.481 e. The van der Waals surface area contributed by atoms with E-state index in [1.54, 1.807) is 19.9 Å². The van der Waals surface area contributed by atoms with Gasteiger partial charge in [0.15, 0.2) is 6.10 Å². The molecule has 1 heterocycles. The summed E-state index contributed by atoms with van der Waals surface area (Å²) in [5.74, 6) is 0.238. The summed E-state index contributed by atoms with van der Waals surface area (Å²) in [5, 5.41) is 2.73. The number of benzene rings is 2. The number of aromatic nitrogens is 2. The van der Waals surface area contributed by atoms with E-state index < -0.39 is 16.1 Å². The van der Waals surface area contributed by atoms with Crippen molar-refractivity contribution in [3.05, 3.63) is 72.1 Å². The van der Waals surface area contributed by atoms with Crippen LogP contribution in [0.15, 0.2) is 65.7 Å². The zero-order valence-corrected chi connectivity index (χ0v) is 20.1. The van der Waals surface area contributed by atoms with Gasteiger partial charge in [-0.2, -0.15) is 0 Å². The van der Waals surface area contributed by atoms with Crippen LogP contribution in [-0.2, 0) is 20.2 Å². The highest BCUT2D eigenvalue weighted by atomic mass is 32.2. The molecule has 0 aliphatic carbocycles. The van der Waals surface area contributed by atoms with Gasteiger partial charge in [0, 0.05) is 17.6 Å². The molecular weight excluding hydrogens is 440 g/mol. The molecule has 0 spiro atoms. The molecule has 1 aromatic heterocycles. The van der Waals surface area contributed by atoms with Gasteiger partial charge >= 0.3 is 0 Å². The molecule has 9 heteroatoms. The van der Waals surface area contributed by atoms with Gasteiger partial charge in [-0.05, 0) is 67.3 Å². The first kappa shape index (κ1) is 24.2. The lowest BCUT2D eigenvalue weighted by Crippen LogP contribution is -2.30. The molecule has 1 atom stereocenters. The van der Waals surface area contributed by atoms with Crippen LogP contribution in [0.4, 0.5) is 11.6 Å². The largest absolute Gasteiger partial charge is 0.481 e. The Kier molecular flexibility index (Phi) is 7.02. The number of amides is 1. The Morgan fingerprint density at radius 2 is 1.64 bits per heavy atom. The fourth-order valence-electron chi connectivity index (χ4n) is 2.93. The molecule has 2 aromatic carbocycles. The molecule has 1 amide bonds. The van der Waals surface area contributed by atoms with E-state index in [-0.39, 0.29) is 22.2 Å². The molecule has 33 heavy (non-hydrogen) atoms. The molecule has 0 bridgehead atoms. The lowest BCUT2D eigenvalue weighted by molar-refractivity contribution is -0.122. The Hall–Kier alpha value is -3.46. The van der Waals surface area contributed by atoms with Gasteiger partial charge in [-0.3, -0.25) is 4.79 Å². The Morgan fingerprint density at radius 1 is 1.00 bits per heavy atom. The van der Waals surface area contributed by atoms with Crippen LogP contribution >= 0.6 is 0 Å². The first-order chi connectivity index (χ1) is 15.4. The van der Waals surface area contributed by atoms with Crippen molar-refractivity contribution in [2.24, 2.45) is 0 Å². The topological polar surface area (TPSA) is 110 Å². The first-order valence-electron chi connectivity index (χ1n) is 10.4. The van der Waals surface area contributed by atoms with Crippen molar-refractivity contribution >= 4 is 27.6 Å². The van der Waals surface area contributed by atoms with E-state index in [0.717, 1.165) is 0 Å². The van der Waals surface area contributed by atoms with Crippen molar-refractivity contribution in [3.8, 4) is 5.75 Å². The van der Waals surface area contributed by atoms with Crippen LogP contribution < -0.4 is 14.8 Å². The predicted molar refractivity (Wildman–Crippen MR) is 128 cm³/mol. The number of carbonyl (C=O) groups is 1. The molecule has 174 valence electrons. The maximum Gasteiger partial charge on any atom is 0.265 e. The van der Waals surface area contributed by atoms with E-state index in [2.05, 4.69) is 40.8 Å². The van der Waals surface area contributed by atoms with E-state index in [9.17, 15) is 13.2 Å². The van der Waals surface area contributed by atoms with Crippen LogP contribution in [0.3, 0.4) is 0 Å². The Bertz CT molecular complexity index is 1220. The van der Waals surface area contributed by atoms with E-state index >= 15 is 0 Å². The van der Waals surface area contributed by atoms with Crippen molar-refractivity contribution in [2.45, 2.75) is 51.0 Å². The minimum absolute atomic E-state index is 0.00566. The van der Waals surface area contributed by atoms with Gasteiger partial charge in [0.2, 0.25) is 5.95 Å². The SMILES string of the molecule is Cc1ccnc(NS(=O)(=O)c2ccc(NC(=O)C(C)Oc3ccc(C(C)(C)C)cc3)cc2)n1. The molecule has 2 N–H and O–H groups in total. The number of sulfonamides is 1. The summed E-state index contributed by atoms with van der Waals surface area (Å²) < 4.78 is 33.2. The van der Waals surface area contributed by atoms with E-state index in [0.29, 0.717) is 17.1 Å². The summed E-state index contributed by atoms with van der Waals surface area (Å²) >= 11 is 0. The van der Waals surface area contributed by atoms with Gasteiger partial charge in [-0.15, -0.1) is 0 Å². The average molecular weight is 469 g/mol. The number of carbonyl (C=O) groups excluding carboxylic acids is 1. The molecule has 0 saturated carbocycles. The molecule has 3 rings (SSSR count). The first-order valence-corrected chi connectivity index (χ1v) is 11.9. The van der Waals surface area contributed by atoms with Gasteiger partial charge in [0.1, 0.15) is 5.75 Å². The van der Waals surface area contributed by atoms with Crippen LogP contribution in [-0.4, -0.2) is 30.4 Å². The van der Waals surface area contributed by atoms with Crippen LogP contribution in [0.25, 0.3) is 0 Å². The smallest absolute Gasteiger partial charge is 0.265 e. The molecule has 0 radical (unpaired) electrons. The van der Waals surface area contributed by atoms with Crippen molar-refractivity contribution in [1.29, 1.82) is 0 Å². The summed E-state index contributed by atoms with van der Waals surface area (Å²) in [4.78, 5) is 20.5. The summed E-state index contributed by atoms with van der Waals surface area (Å²) in [5.41, 5.74) is 2.29. The zero-order chi connectivity index (χ0) is 24.2. The van der Waals surface area contributed by atoms with Crippen molar-refractivity contribution in [1.82, 2.24) is 9.97 Å². The number of ether oxygens (including phenoxy) is 1. The standard InChI is InChI=1S/C24H28N4O4S/c1-16-14-15-25-23(26-16)28-33(30,31)21-12-8-19(9-13-21)27-22(29)17(2)32-20-10-6-18(7-11-20)24(3,4)5/h6-15,17H,1-5H3,(H,27,29)(H,25,26,28). The molecule has 0 saturated heterocycles. The summed E-state index contributed by atoms with van der Waals surface area (Å²) in [7, 11) is -3.86. The number of hydrogen-bond acceptors (Lipinski definition) is 6. The minimum atomic E-state index is -3.86. The number of rotatable bonds is 7. The van der Waals surface area contributed by atoms with Gasteiger partial charge in [0.25, 0.3) is 15.9 Å². The van der Waals surface area contributed by atoms with Gasteiger partial charge in [-0.1, -0.05) is 32.9 Å². The van der Waals surface area contributed by atoms with Crippen LogP contribution in [0.5, 0.6) is 5.75 Å². The lowest BCUT2D eigenvalue weighted by Gasteiger charge is -2.20. The van der Waals surface area contributed by atoms with Gasteiger partial charge in [-0.25, -0.2) is 23.1 Å². The Labute approximate surface area is 194 Å². The maximum absolute atomic E-state index is 12.5. The molecule has 0 aliphatic rings. The van der Waals surface area contributed by atoms with Crippen molar-refractivity contribution in [2.75, 3.05) is 10.0 Å². The zero-order valence-electron chi connectivity index (χ0n) is 19.3. The second-order valence-electron chi connectivity index (χ2n) is 8.68. The van der Waals surface area contributed by atoms with Gasteiger partial charge in [0.05, 0.1) is 4.90 Å². The van der Waals surface area contributed by atoms with E-state index in [4.69, 9.17) is 4.74 Å². The number of aryl methyl sites for hydroxylation is 1. The highest BCUT2D eigenvalue weighted by molar-refractivity contribution is 7.92. The molecule has 8 nitrogen and oxygen atoms in total. The highest BCUT2D eigenvalue weighted by Gasteiger charge is 2.19. The highest BCUT2D eigenvalue weighted by Crippen LogP contribution is 2.25. The van der Waals surface area contributed by atoms with Crippen molar-refractivity contribution in [3.63, 3.8) is 0 Å². The third-order valence-electron chi connectivity index (χ3n) is 4.86. The quantitative estimate of drug-likeness (QED) is 0.535. The predicted octanol–water partition coefficient (Wildman–Crippen LogP) is 4.29. The van der Waals surface area contributed by atoms with Crippen LogP contribution in [0.1, 0.15) is 39.0 Å².